The number of nitro groups is 1. The number of hydrogen-bond donors (Lipinski definition) is 1. The number of nitrogens with one attached hydrogen (secondary N) is 1. The highest BCUT2D eigenvalue weighted by molar-refractivity contribution is 7.99. The van der Waals surface area contributed by atoms with Gasteiger partial charge in [0.2, 0.25) is 0 Å². The lowest BCUT2D eigenvalue weighted by atomic mass is 10.1. The van der Waals surface area contributed by atoms with Crippen molar-refractivity contribution >= 4 is 40.7 Å². The van der Waals surface area contributed by atoms with Crippen molar-refractivity contribution in [1.29, 1.82) is 0 Å². The zero-order valence-electron chi connectivity index (χ0n) is 19.4. The molecule has 0 fully saturated rings. The van der Waals surface area contributed by atoms with Crippen LogP contribution >= 0.6 is 23.4 Å². The lowest BCUT2D eigenvalue weighted by molar-refractivity contribution is -0.384. The Morgan fingerprint density at radius 1 is 1.06 bits per heavy atom. The maximum Gasteiger partial charge on any atom is 0.269 e. The predicted octanol–water partition coefficient (Wildman–Crippen LogP) is 5.44. The number of carbonyl (C=O) groups is 1. The number of hydrogen-bond acceptors (Lipinski definition) is 7. The topological polar surface area (TPSA) is 115 Å². The quantitative estimate of drug-likeness (QED) is 0.143. The Kier molecular flexibility index (Phi) is 7.77. The van der Waals surface area contributed by atoms with E-state index in [-0.39, 0.29) is 17.3 Å². The van der Waals surface area contributed by atoms with Crippen molar-refractivity contribution in [3.05, 3.63) is 99.1 Å². The van der Waals surface area contributed by atoms with Gasteiger partial charge in [-0.1, -0.05) is 53.2 Å². The van der Waals surface area contributed by atoms with E-state index < -0.39 is 4.92 Å². The van der Waals surface area contributed by atoms with Gasteiger partial charge in [-0.2, -0.15) is 5.10 Å². The van der Waals surface area contributed by atoms with E-state index in [1.165, 1.54) is 23.9 Å². The minimum atomic E-state index is -0.470. The molecule has 36 heavy (non-hydrogen) atoms. The van der Waals surface area contributed by atoms with Gasteiger partial charge in [0.05, 0.1) is 16.4 Å². The molecule has 0 aliphatic heterocycles. The van der Waals surface area contributed by atoms with E-state index in [0.29, 0.717) is 27.3 Å². The SMILES string of the molecule is C/C(=N/NC(=O)CSc1nnc(-c2ccc(C)cc2)n1-c1ccc(Cl)cc1)c1ccc([N+](=O)[O-])cc1. The molecule has 0 saturated heterocycles. The number of amides is 1. The zero-order chi connectivity index (χ0) is 25.7. The molecule has 0 atom stereocenters. The van der Waals surface area contributed by atoms with Crippen molar-refractivity contribution < 1.29 is 9.72 Å². The average molecular weight is 521 g/mol. The molecule has 0 radical (unpaired) electrons. The van der Waals surface area contributed by atoms with E-state index in [1.807, 2.05) is 47.9 Å². The van der Waals surface area contributed by atoms with E-state index in [1.54, 1.807) is 31.2 Å². The molecule has 9 nitrogen and oxygen atoms in total. The van der Waals surface area contributed by atoms with Crippen LogP contribution < -0.4 is 5.43 Å². The summed E-state index contributed by atoms with van der Waals surface area (Å²) in [6, 6.07) is 21.2. The fourth-order valence-corrected chi connectivity index (χ4v) is 4.14. The highest BCUT2D eigenvalue weighted by atomic mass is 35.5. The van der Waals surface area contributed by atoms with Crippen LogP contribution in [0.1, 0.15) is 18.1 Å². The van der Waals surface area contributed by atoms with Crippen molar-refractivity contribution in [2.75, 3.05) is 5.75 Å². The number of carbonyl (C=O) groups excluding carboxylic acids is 1. The maximum absolute atomic E-state index is 12.5. The van der Waals surface area contributed by atoms with Crippen LogP contribution in [-0.2, 0) is 4.79 Å². The number of aromatic nitrogens is 3. The molecular weight excluding hydrogens is 500 g/mol. The molecule has 182 valence electrons. The second kappa shape index (κ2) is 11.1. The highest BCUT2D eigenvalue weighted by Gasteiger charge is 2.17. The number of benzene rings is 3. The largest absolute Gasteiger partial charge is 0.272 e. The predicted molar refractivity (Wildman–Crippen MR) is 141 cm³/mol. The summed E-state index contributed by atoms with van der Waals surface area (Å²) in [5.41, 5.74) is 6.53. The van der Waals surface area contributed by atoms with E-state index >= 15 is 0 Å². The van der Waals surface area contributed by atoms with Crippen LogP contribution in [0.2, 0.25) is 5.02 Å². The fraction of sp³-hybridized carbons (Fsp3) is 0.120. The van der Waals surface area contributed by atoms with Gasteiger partial charge >= 0.3 is 0 Å². The summed E-state index contributed by atoms with van der Waals surface area (Å²) in [6.45, 7) is 3.72. The van der Waals surface area contributed by atoms with E-state index in [2.05, 4.69) is 20.7 Å². The highest BCUT2D eigenvalue weighted by Crippen LogP contribution is 2.28. The normalized spacial score (nSPS) is 11.4. The minimum Gasteiger partial charge on any atom is -0.272 e. The standard InChI is InChI=1S/C25H21ClN6O3S/c1-16-3-5-19(6-4-16)24-29-30-25(31(24)21-13-9-20(26)10-14-21)36-15-23(33)28-27-17(2)18-7-11-22(12-8-18)32(34)35/h3-14H,15H2,1-2H3,(H,28,33)/b27-17-. The molecular formula is C25H21ClN6O3S. The number of halogens is 1. The first-order valence-corrected chi connectivity index (χ1v) is 12.2. The molecule has 0 saturated carbocycles. The summed E-state index contributed by atoms with van der Waals surface area (Å²) in [6.07, 6.45) is 0. The molecule has 0 bridgehead atoms. The Balaban J connectivity index is 1.50. The molecule has 0 spiro atoms. The number of nitro benzene ring substituents is 1. The molecule has 0 aliphatic rings. The summed E-state index contributed by atoms with van der Waals surface area (Å²) in [5, 5.41) is 24.8. The number of thioether (sulfide) groups is 1. The van der Waals surface area contributed by atoms with E-state index in [9.17, 15) is 14.9 Å². The van der Waals surface area contributed by atoms with Gasteiger partial charge in [0.25, 0.3) is 11.6 Å². The van der Waals surface area contributed by atoms with Crippen LogP contribution in [0.25, 0.3) is 17.1 Å². The van der Waals surface area contributed by atoms with Gasteiger partial charge in [-0.25, -0.2) is 5.43 Å². The van der Waals surface area contributed by atoms with Crippen LogP contribution in [0.4, 0.5) is 5.69 Å². The van der Waals surface area contributed by atoms with Crippen LogP contribution in [0, 0.1) is 17.0 Å². The smallest absolute Gasteiger partial charge is 0.269 e. The van der Waals surface area contributed by atoms with Gasteiger partial charge in [0.1, 0.15) is 0 Å². The number of aryl methyl sites for hydroxylation is 1. The van der Waals surface area contributed by atoms with Gasteiger partial charge in [0, 0.05) is 28.4 Å². The Hall–Kier alpha value is -4.02. The van der Waals surface area contributed by atoms with Crippen molar-refractivity contribution in [2.45, 2.75) is 19.0 Å². The van der Waals surface area contributed by atoms with Crippen LogP contribution in [0.5, 0.6) is 0 Å². The maximum atomic E-state index is 12.5. The summed E-state index contributed by atoms with van der Waals surface area (Å²) in [7, 11) is 0. The first kappa shape index (κ1) is 25.1. The van der Waals surface area contributed by atoms with Crippen LogP contribution in [0.15, 0.2) is 83.1 Å². The monoisotopic (exact) mass is 520 g/mol. The number of nitrogens with zero attached hydrogens (tertiary/aromatic N) is 5. The summed E-state index contributed by atoms with van der Waals surface area (Å²) < 4.78 is 1.88. The third-order valence-corrected chi connectivity index (χ3v) is 6.39. The van der Waals surface area contributed by atoms with Crippen LogP contribution in [0.3, 0.4) is 0 Å². The Morgan fingerprint density at radius 2 is 1.72 bits per heavy atom. The third kappa shape index (κ3) is 5.96. The van der Waals surface area contributed by atoms with Gasteiger partial charge in [-0.05, 0) is 55.8 Å². The third-order valence-electron chi connectivity index (χ3n) is 5.20. The van der Waals surface area contributed by atoms with Crippen LogP contribution in [-0.4, -0.2) is 37.1 Å². The molecule has 1 heterocycles. The Bertz CT molecular complexity index is 1420. The van der Waals surface area contributed by atoms with Crippen molar-refractivity contribution in [2.24, 2.45) is 5.10 Å². The molecule has 0 aliphatic carbocycles. The first-order valence-electron chi connectivity index (χ1n) is 10.8. The van der Waals surface area contributed by atoms with Gasteiger partial charge in [0.15, 0.2) is 11.0 Å². The molecule has 1 N–H and O–H groups in total. The van der Waals surface area contributed by atoms with Gasteiger partial charge < -0.3 is 0 Å². The molecule has 1 aromatic heterocycles. The van der Waals surface area contributed by atoms with Gasteiger partial charge in [-0.15, -0.1) is 10.2 Å². The lowest BCUT2D eigenvalue weighted by Crippen LogP contribution is -2.21. The molecule has 1 amide bonds. The molecule has 0 unspecified atom stereocenters. The second-order valence-corrected chi connectivity index (χ2v) is 9.19. The molecule has 4 rings (SSSR count). The molecule has 11 heteroatoms. The number of hydrazone groups is 1. The Labute approximate surface area is 216 Å². The summed E-state index contributed by atoms with van der Waals surface area (Å²) in [5.74, 6) is 0.368. The van der Waals surface area contributed by atoms with Crippen molar-refractivity contribution in [3.63, 3.8) is 0 Å². The average Bonchev–Trinajstić information content (AvgIpc) is 3.31. The first-order chi connectivity index (χ1) is 17.3. The fourth-order valence-electron chi connectivity index (χ4n) is 3.27. The van der Waals surface area contributed by atoms with Gasteiger partial charge in [-0.3, -0.25) is 19.5 Å². The molecule has 3 aromatic carbocycles. The second-order valence-electron chi connectivity index (χ2n) is 7.81. The number of rotatable bonds is 8. The Morgan fingerprint density at radius 3 is 2.36 bits per heavy atom. The van der Waals surface area contributed by atoms with Crippen molar-refractivity contribution in [3.8, 4) is 17.1 Å². The molecule has 4 aromatic rings. The van der Waals surface area contributed by atoms with E-state index in [0.717, 1.165) is 16.8 Å². The number of non-ortho nitro benzene ring substituents is 1. The lowest BCUT2D eigenvalue weighted by Gasteiger charge is -2.10. The summed E-state index contributed by atoms with van der Waals surface area (Å²) in [4.78, 5) is 22.8. The zero-order valence-corrected chi connectivity index (χ0v) is 21.0. The minimum absolute atomic E-state index is 0.0122. The van der Waals surface area contributed by atoms with E-state index in [4.69, 9.17) is 11.6 Å². The van der Waals surface area contributed by atoms with Crippen molar-refractivity contribution in [1.82, 2.24) is 20.2 Å². The summed E-state index contributed by atoms with van der Waals surface area (Å²) >= 11 is 7.30.